The lowest BCUT2D eigenvalue weighted by Crippen LogP contribution is -2.34. The number of nitrogen functional groups attached to an aromatic ring is 1. The molecular weight excluding hydrogens is 228 g/mol. The van der Waals surface area contributed by atoms with Crippen molar-refractivity contribution >= 4 is 28.2 Å². The molecule has 0 aliphatic carbocycles. The number of hydrogen-bond acceptors (Lipinski definition) is 4. The molecule has 4 N–H and O–H groups in total. The Kier molecular flexibility index (Phi) is 3.32. The van der Waals surface area contributed by atoms with E-state index in [2.05, 4.69) is 4.98 Å². The third-order valence-electron chi connectivity index (χ3n) is 2.82. The van der Waals surface area contributed by atoms with E-state index in [1.54, 1.807) is 6.20 Å². The van der Waals surface area contributed by atoms with Gasteiger partial charge in [-0.3, -0.25) is 9.78 Å². The van der Waals surface area contributed by atoms with Crippen molar-refractivity contribution in [3.05, 3.63) is 30.5 Å². The van der Waals surface area contributed by atoms with Crippen LogP contribution in [0.1, 0.15) is 6.92 Å². The molecule has 0 fully saturated rings. The largest absolute Gasteiger partial charge is 0.396 e. The van der Waals surface area contributed by atoms with E-state index in [1.807, 2.05) is 36.1 Å². The number of likely N-dealkylation sites (N-methyl/N-ethyl adjacent to an activating group) is 1. The van der Waals surface area contributed by atoms with Crippen LogP contribution in [0.15, 0.2) is 30.5 Å². The van der Waals surface area contributed by atoms with Gasteiger partial charge in [0.15, 0.2) is 0 Å². The first-order valence-corrected chi connectivity index (χ1v) is 5.80. The summed E-state index contributed by atoms with van der Waals surface area (Å²) in [4.78, 5) is 17.2. The van der Waals surface area contributed by atoms with Gasteiger partial charge in [0.05, 0.1) is 29.6 Å². The average molecular weight is 244 g/mol. The first-order valence-electron chi connectivity index (χ1n) is 5.80. The average Bonchev–Trinajstić information content (AvgIpc) is 2.36. The number of anilines is 2. The molecule has 1 aromatic heterocycles. The van der Waals surface area contributed by atoms with Gasteiger partial charge in [0.25, 0.3) is 0 Å². The fourth-order valence-electron chi connectivity index (χ4n) is 2.03. The number of fused-ring (bicyclic) bond motifs is 1. The number of nitrogens with zero attached hydrogens (tertiary/aromatic N) is 2. The summed E-state index contributed by atoms with van der Waals surface area (Å²) in [5.41, 5.74) is 13.5. The molecule has 0 spiro atoms. The molecule has 1 aromatic carbocycles. The normalized spacial score (nSPS) is 10.5. The van der Waals surface area contributed by atoms with Crippen LogP contribution in [0.2, 0.25) is 0 Å². The first kappa shape index (κ1) is 12.2. The number of benzene rings is 1. The number of rotatable bonds is 4. The molecule has 2 rings (SSSR count). The van der Waals surface area contributed by atoms with Crippen molar-refractivity contribution in [3.8, 4) is 0 Å². The predicted octanol–water partition coefficient (Wildman–Crippen LogP) is 1.13. The Bertz CT molecular complexity index is 582. The van der Waals surface area contributed by atoms with Gasteiger partial charge in [-0.15, -0.1) is 0 Å². The Morgan fingerprint density at radius 3 is 2.78 bits per heavy atom. The van der Waals surface area contributed by atoms with E-state index >= 15 is 0 Å². The Morgan fingerprint density at radius 1 is 1.39 bits per heavy atom. The van der Waals surface area contributed by atoms with Crippen LogP contribution in [0, 0.1) is 0 Å². The molecule has 0 unspecified atom stereocenters. The Labute approximate surface area is 105 Å². The van der Waals surface area contributed by atoms with Gasteiger partial charge in [-0.05, 0) is 13.0 Å². The summed E-state index contributed by atoms with van der Waals surface area (Å²) < 4.78 is 0. The summed E-state index contributed by atoms with van der Waals surface area (Å²) in [6, 6.07) is 7.69. The van der Waals surface area contributed by atoms with Crippen LogP contribution in [-0.4, -0.2) is 24.0 Å². The Morgan fingerprint density at radius 2 is 2.11 bits per heavy atom. The molecule has 1 heterocycles. The van der Waals surface area contributed by atoms with E-state index in [1.165, 1.54) is 0 Å². The highest BCUT2D eigenvalue weighted by Crippen LogP contribution is 2.30. The van der Waals surface area contributed by atoms with Crippen molar-refractivity contribution in [1.82, 2.24) is 4.98 Å². The van der Waals surface area contributed by atoms with Gasteiger partial charge < -0.3 is 16.4 Å². The monoisotopic (exact) mass is 244 g/mol. The van der Waals surface area contributed by atoms with Gasteiger partial charge in [0, 0.05) is 11.9 Å². The standard InChI is InChI=1S/C13H16N4O/c1-2-17(8-12(15)18)13-9-5-3-4-6-11(9)16-7-10(13)14/h3-7H,2,8,14H2,1H3,(H2,15,18). The van der Waals surface area contributed by atoms with Gasteiger partial charge in [0.2, 0.25) is 5.91 Å². The molecule has 0 aliphatic heterocycles. The molecule has 0 atom stereocenters. The van der Waals surface area contributed by atoms with Crippen LogP contribution in [-0.2, 0) is 4.79 Å². The van der Waals surface area contributed by atoms with Crippen LogP contribution in [0.5, 0.6) is 0 Å². The Balaban J connectivity index is 2.60. The van der Waals surface area contributed by atoms with E-state index in [-0.39, 0.29) is 12.5 Å². The number of aromatic nitrogens is 1. The van der Waals surface area contributed by atoms with Crippen molar-refractivity contribution in [1.29, 1.82) is 0 Å². The van der Waals surface area contributed by atoms with Gasteiger partial charge >= 0.3 is 0 Å². The van der Waals surface area contributed by atoms with Crippen molar-refractivity contribution < 1.29 is 4.79 Å². The highest BCUT2D eigenvalue weighted by atomic mass is 16.1. The fraction of sp³-hybridized carbons (Fsp3) is 0.231. The minimum atomic E-state index is -0.378. The molecule has 0 saturated heterocycles. The molecule has 18 heavy (non-hydrogen) atoms. The number of carbonyl (C=O) groups is 1. The molecule has 1 amide bonds. The molecule has 5 nitrogen and oxygen atoms in total. The van der Waals surface area contributed by atoms with Crippen LogP contribution in [0.4, 0.5) is 11.4 Å². The summed E-state index contributed by atoms with van der Waals surface area (Å²) in [6.07, 6.45) is 1.61. The van der Waals surface area contributed by atoms with E-state index in [0.29, 0.717) is 12.2 Å². The molecule has 0 aliphatic rings. The number of amides is 1. The zero-order valence-corrected chi connectivity index (χ0v) is 10.3. The molecule has 0 saturated carbocycles. The third kappa shape index (κ3) is 2.20. The second-order valence-electron chi connectivity index (χ2n) is 4.06. The fourth-order valence-corrected chi connectivity index (χ4v) is 2.03. The van der Waals surface area contributed by atoms with Crippen molar-refractivity contribution in [2.45, 2.75) is 6.92 Å². The number of primary amides is 1. The van der Waals surface area contributed by atoms with E-state index in [0.717, 1.165) is 16.6 Å². The number of pyridine rings is 1. The maximum atomic E-state index is 11.1. The highest BCUT2D eigenvalue weighted by molar-refractivity contribution is 5.98. The van der Waals surface area contributed by atoms with Gasteiger partial charge in [-0.25, -0.2) is 0 Å². The minimum Gasteiger partial charge on any atom is -0.396 e. The minimum absolute atomic E-state index is 0.148. The summed E-state index contributed by atoms with van der Waals surface area (Å²) >= 11 is 0. The topological polar surface area (TPSA) is 85.2 Å². The van der Waals surface area contributed by atoms with Crippen LogP contribution in [0.25, 0.3) is 10.9 Å². The molecule has 5 heteroatoms. The number of nitrogens with two attached hydrogens (primary N) is 2. The number of carbonyl (C=O) groups excluding carboxylic acids is 1. The molecule has 0 radical (unpaired) electrons. The predicted molar refractivity (Wildman–Crippen MR) is 73.2 cm³/mol. The SMILES string of the molecule is CCN(CC(N)=O)c1c(N)cnc2ccccc12. The number of hydrogen-bond donors (Lipinski definition) is 2. The molecular formula is C13H16N4O. The lowest BCUT2D eigenvalue weighted by Gasteiger charge is -2.24. The molecule has 0 bridgehead atoms. The van der Waals surface area contributed by atoms with Crippen molar-refractivity contribution in [3.63, 3.8) is 0 Å². The Hall–Kier alpha value is -2.30. The van der Waals surface area contributed by atoms with E-state index in [4.69, 9.17) is 11.5 Å². The van der Waals surface area contributed by atoms with Crippen LogP contribution >= 0.6 is 0 Å². The lowest BCUT2D eigenvalue weighted by atomic mass is 10.1. The second-order valence-corrected chi connectivity index (χ2v) is 4.06. The maximum Gasteiger partial charge on any atom is 0.236 e. The van der Waals surface area contributed by atoms with E-state index in [9.17, 15) is 4.79 Å². The summed E-state index contributed by atoms with van der Waals surface area (Å²) in [5, 5.41) is 0.931. The number of para-hydroxylation sites is 1. The van der Waals surface area contributed by atoms with E-state index < -0.39 is 0 Å². The summed E-state index contributed by atoms with van der Waals surface area (Å²) in [5.74, 6) is -0.378. The molecule has 2 aromatic rings. The second kappa shape index (κ2) is 4.91. The van der Waals surface area contributed by atoms with Crippen LogP contribution < -0.4 is 16.4 Å². The van der Waals surface area contributed by atoms with Gasteiger partial charge in [0.1, 0.15) is 0 Å². The molecule has 94 valence electrons. The zero-order chi connectivity index (χ0) is 13.1. The lowest BCUT2D eigenvalue weighted by molar-refractivity contribution is -0.116. The zero-order valence-electron chi connectivity index (χ0n) is 10.3. The summed E-state index contributed by atoms with van der Waals surface area (Å²) in [7, 11) is 0. The van der Waals surface area contributed by atoms with Gasteiger partial charge in [-0.1, -0.05) is 18.2 Å². The van der Waals surface area contributed by atoms with Crippen molar-refractivity contribution in [2.24, 2.45) is 5.73 Å². The third-order valence-corrected chi connectivity index (χ3v) is 2.82. The van der Waals surface area contributed by atoms with Crippen LogP contribution in [0.3, 0.4) is 0 Å². The van der Waals surface area contributed by atoms with Gasteiger partial charge in [-0.2, -0.15) is 0 Å². The first-order chi connectivity index (χ1) is 8.63. The maximum absolute atomic E-state index is 11.1. The summed E-state index contributed by atoms with van der Waals surface area (Å²) in [6.45, 7) is 2.76. The quantitative estimate of drug-likeness (QED) is 0.844. The smallest absolute Gasteiger partial charge is 0.236 e. The van der Waals surface area contributed by atoms with Crippen molar-refractivity contribution in [2.75, 3.05) is 23.7 Å². The highest BCUT2D eigenvalue weighted by Gasteiger charge is 2.14.